The van der Waals surface area contributed by atoms with Gasteiger partial charge in [-0.15, -0.1) is 0 Å². The van der Waals surface area contributed by atoms with Gasteiger partial charge in [0, 0.05) is 11.6 Å². The summed E-state index contributed by atoms with van der Waals surface area (Å²) in [5, 5.41) is 15.1. The molecule has 7 nitrogen and oxygen atoms in total. The van der Waals surface area contributed by atoms with Crippen LogP contribution < -0.4 is 4.74 Å². The minimum Gasteiger partial charge on any atom is -0.507 e. The van der Waals surface area contributed by atoms with E-state index in [-0.39, 0.29) is 23.8 Å². The van der Waals surface area contributed by atoms with Gasteiger partial charge in [-0.05, 0) is 49.9 Å². The molecule has 1 N–H and O–H groups in total. The van der Waals surface area contributed by atoms with Crippen LogP contribution in [0.2, 0.25) is 0 Å². The fourth-order valence-electron chi connectivity index (χ4n) is 4.59. The van der Waals surface area contributed by atoms with E-state index in [1.807, 2.05) is 0 Å². The Labute approximate surface area is 175 Å². The van der Waals surface area contributed by atoms with Gasteiger partial charge in [-0.1, -0.05) is 24.4 Å². The van der Waals surface area contributed by atoms with E-state index in [4.69, 9.17) is 9.26 Å². The minimum atomic E-state index is -0.640. The highest BCUT2D eigenvalue weighted by Gasteiger charge is 2.48. The summed E-state index contributed by atoms with van der Waals surface area (Å²) < 4.78 is 10.3. The molecule has 1 aliphatic carbocycles. The molecule has 2 aliphatic rings. The minimum absolute atomic E-state index is 0.123. The summed E-state index contributed by atoms with van der Waals surface area (Å²) in [6.45, 7) is 1.97. The lowest BCUT2D eigenvalue weighted by Gasteiger charge is -2.33. The van der Waals surface area contributed by atoms with Crippen LogP contribution in [0, 0.1) is 12.8 Å². The molecule has 0 spiro atoms. The molecule has 1 amide bonds. The molecule has 158 valence electrons. The first kappa shape index (κ1) is 20.2. The third kappa shape index (κ3) is 3.72. The summed E-state index contributed by atoms with van der Waals surface area (Å²) in [5.74, 6) is 0.0506. The predicted octanol–water partition coefficient (Wildman–Crippen LogP) is 3.82. The van der Waals surface area contributed by atoms with Gasteiger partial charge in [0.2, 0.25) is 0 Å². The summed E-state index contributed by atoms with van der Waals surface area (Å²) in [7, 11) is 1.56. The number of aliphatic hydroxyl groups is 1. The van der Waals surface area contributed by atoms with Gasteiger partial charge in [-0.3, -0.25) is 9.59 Å². The van der Waals surface area contributed by atoms with Crippen LogP contribution >= 0.6 is 0 Å². The van der Waals surface area contributed by atoms with Crippen molar-refractivity contribution >= 4 is 17.4 Å². The zero-order chi connectivity index (χ0) is 21.3. The van der Waals surface area contributed by atoms with Crippen LogP contribution in [0.15, 0.2) is 40.4 Å². The van der Waals surface area contributed by atoms with E-state index in [0.717, 1.165) is 32.1 Å². The van der Waals surface area contributed by atoms with Crippen LogP contribution in [0.1, 0.15) is 49.1 Å². The smallest absolute Gasteiger partial charge is 0.295 e. The number of carbonyl (C=O) groups excluding carboxylic acids is 2. The largest absolute Gasteiger partial charge is 0.507 e. The SMILES string of the molecule is COc1ccc(/C(O)=C2/C(=O)C(=O)N(Cc3cc(C)on3)C2C2CCCCC2)cc1. The van der Waals surface area contributed by atoms with Gasteiger partial charge in [-0.25, -0.2) is 0 Å². The van der Waals surface area contributed by atoms with E-state index in [1.54, 1.807) is 49.3 Å². The Hall–Kier alpha value is -3.09. The maximum atomic E-state index is 13.0. The number of hydrogen-bond donors (Lipinski definition) is 1. The van der Waals surface area contributed by atoms with Gasteiger partial charge in [-0.2, -0.15) is 0 Å². The quantitative estimate of drug-likeness (QED) is 0.458. The molecule has 1 unspecified atom stereocenters. The maximum absolute atomic E-state index is 13.0. The summed E-state index contributed by atoms with van der Waals surface area (Å²) in [6.07, 6.45) is 5.09. The fourth-order valence-corrected chi connectivity index (χ4v) is 4.59. The van der Waals surface area contributed by atoms with E-state index < -0.39 is 17.7 Å². The molecule has 0 radical (unpaired) electrons. The monoisotopic (exact) mass is 410 g/mol. The van der Waals surface area contributed by atoms with Crippen LogP contribution in [-0.2, 0) is 16.1 Å². The lowest BCUT2D eigenvalue weighted by Crippen LogP contribution is -2.39. The number of methoxy groups -OCH3 is 1. The summed E-state index contributed by atoms with van der Waals surface area (Å²) in [5.41, 5.74) is 1.28. The van der Waals surface area contributed by atoms with Crippen molar-refractivity contribution in [3.63, 3.8) is 0 Å². The highest BCUT2D eigenvalue weighted by atomic mass is 16.5. The topological polar surface area (TPSA) is 92.9 Å². The number of aryl methyl sites for hydroxylation is 1. The van der Waals surface area contributed by atoms with Gasteiger partial charge in [0.25, 0.3) is 11.7 Å². The number of likely N-dealkylation sites (tertiary alicyclic amines) is 1. The second-order valence-corrected chi connectivity index (χ2v) is 8.02. The number of hydrogen-bond acceptors (Lipinski definition) is 6. The van der Waals surface area contributed by atoms with Crippen molar-refractivity contribution in [3.05, 3.63) is 52.9 Å². The molecule has 0 bridgehead atoms. The average molecular weight is 410 g/mol. The second-order valence-electron chi connectivity index (χ2n) is 8.02. The molecule has 1 aliphatic heterocycles. The Balaban J connectivity index is 1.76. The zero-order valence-electron chi connectivity index (χ0n) is 17.3. The molecule has 1 aromatic carbocycles. The molecule has 1 saturated heterocycles. The molecule has 30 heavy (non-hydrogen) atoms. The Morgan fingerprint density at radius 2 is 1.90 bits per heavy atom. The van der Waals surface area contributed by atoms with Crippen molar-refractivity contribution < 1.29 is 24.0 Å². The van der Waals surface area contributed by atoms with Crippen LogP contribution in [0.25, 0.3) is 5.76 Å². The predicted molar refractivity (Wildman–Crippen MR) is 110 cm³/mol. The normalized spacial score (nSPS) is 21.9. The van der Waals surface area contributed by atoms with Gasteiger partial charge in [0.15, 0.2) is 0 Å². The number of aliphatic hydroxyl groups excluding tert-OH is 1. The Morgan fingerprint density at radius 1 is 1.20 bits per heavy atom. The third-order valence-electron chi connectivity index (χ3n) is 6.06. The standard InChI is InChI=1S/C23H26N2O5/c1-14-12-17(24-30-14)13-25-20(15-6-4-3-5-7-15)19(22(27)23(25)28)21(26)16-8-10-18(29-2)11-9-16/h8-12,15,20,26H,3-7,13H2,1-2H3/b21-19-. The summed E-state index contributed by atoms with van der Waals surface area (Å²) >= 11 is 0. The van der Waals surface area contributed by atoms with Crippen molar-refractivity contribution in [3.8, 4) is 5.75 Å². The number of aromatic nitrogens is 1. The molecule has 2 fully saturated rings. The van der Waals surface area contributed by atoms with Crippen LogP contribution in [0.3, 0.4) is 0 Å². The van der Waals surface area contributed by atoms with Gasteiger partial charge in [0.05, 0.1) is 25.3 Å². The Morgan fingerprint density at radius 3 is 2.50 bits per heavy atom. The zero-order valence-corrected chi connectivity index (χ0v) is 17.3. The first-order valence-electron chi connectivity index (χ1n) is 10.3. The fraction of sp³-hybridized carbons (Fsp3) is 0.435. The van der Waals surface area contributed by atoms with Gasteiger partial charge >= 0.3 is 0 Å². The summed E-state index contributed by atoms with van der Waals surface area (Å²) in [4.78, 5) is 27.6. The molecular formula is C23H26N2O5. The first-order valence-corrected chi connectivity index (χ1v) is 10.3. The molecule has 2 heterocycles. The Bertz CT molecular complexity index is 970. The molecular weight excluding hydrogens is 384 g/mol. The average Bonchev–Trinajstić information content (AvgIpc) is 3.30. The molecule has 1 atom stereocenters. The van der Waals surface area contributed by atoms with Gasteiger partial charge < -0.3 is 19.3 Å². The van der Waals surface area contributed by atoms with Crippen LogP contribution in [-0.4, -0.2) is 40.0 Å². The van der Waals surface area contributed by atoms with Crippen LogP contribution in [0.4, 0.5) is 0 Å². The third-order valence-corrected chi connectivity index (χ3v) is 6.06. The number of benzene rings is 1. The van der Waals surface area contributed by atoms with E-state index in [0.29, 0.717) is 22.8 Å². The van der Waals surface area contributed by atoms with Crippen molar-refractivity contribution in [1.82, 2.24) is 10.1 Å². The number of ether oxygens (including phenoxy) is 1. The highest BCUT2D eigenvalue weighted by molar-refractivity contribution is 6.46. The molecule has 1 saturated carbocycles. The van der Waals surface area contributed by atoms with Crippen LogP contribution in [0.5, 0.6) is 5.75 Å². The van der Waals surface area contributed by atoms with Crippen molar-refractivity contribution in [2.24, 2.45) is 5.92 Å². The number of ketones is 1. The van der Waals surface area contributed by atoms with Gasteiger partial charge in [0.1, 0.15) is 23.0 Å². The second kappa shape index (κ2) is 8.34. The lowest BCUT2D eigenvalue weighted by atomic mass is 9.80. The molecule has 1 aromatic heterocycles. The number of amides is 1. The van der Waals surface area contributed by atoms with E-state index in [9.17, 15) is 14.7 Å². The first-order chi connectivity index (χ1) is 14.5. The highest BCUT2D eigenvalue weighted by Crippen LogP contribution is 2.39. The lowest BCUT2D eigenvalue weighted by molar-refractivity contribution is -0.140. The van der Waals surface area contributed by atoms with Crippen molar-refractivity contribution in [1.29, 1.82) is 0 Å². The number of nitrogens with zero attached hydrogens (tertiary/aromatic N) is 2. The molecule has 2 aromatic rings. The molecule has 4 rings (SSSR count). The summed E-state index contributed by atoms with van der Waals surface area (Å²) in [6, 6.07) is 8.13. The maximum Gasteiger partial charge on any atom is 0.295 e. The van der Waals surface area contributed by atoms with E-state index >= 15 is 0 Å². The Kier molecular flexibility index (Phi) is 5.61. The van der Waals surface area contributed by atoms with Crippen molar-refractivity contribution in [2.75, 3.05) is 7.11 Å². The van der Waals surface area contributed by atoms with Crippen molar-refractivity contribution in [2.45, 2.75) is 51.6 Å². The molecule has 7 heteroatoms. The number of rotatable bonds is 5. The number of Topliss-reactive ketones (excluding diaryl/α,β-unsaturated/α-hetero) is 1. The number of carbonyl (C=O) groups is 2. The van der Waals surface area contributed by atoms with E-state index in [1.165, 1.54) is 0 Å². The van der Waals surface area contributed by atoms with E-state index in [2.05, 4.69) is 5.16 Å².